The molecule has 0 radical (unpaired) electrons. The zero-order valence-electron chi connectivity index (χ0n) is 10.9. The molecule has 0 amide bonds. The van der Waals surface area contributed by atoms with E-state index < -0.39 is 5.97 Å². The summed E-state index contributed by atoms with van der Waals surface area (Å²) in [6.45, 7) is 1.69. The second-order valence-corrected chi connectivity index (χ2v) is 5.74. The summed E-state index contributed by atoms with van der Waals surface area (Å²) in [6.07, 6.45) is 2.24. The number of nitrogens with zero attached hydrogens (tertiary/aromatic N) is 1. The van der Waals surface area contributed by atoms with Gasteiger partial charge >= 0.3 is 5.97 Å². The molecule has 1 saturated heterocycles. The lowest BCUT2D eigenvalue weighted by atomic mass is 10.1. The molecule has 0 aromatic heterocycles. The van der Waals surface area contributed by atoms with E-state index in [0.29, 0.717) is 0 Å². The summed E-state index contributed by atoms with van der Waals surface area (Å²) in [4.78, 5) is 13.1. The van der Waals surface area contributed by atoms with Crippen LogP contribution in [0.3, 0.4) is 0 Å². The fourth-order valence-electron chi connectivity index (χ4n) is 2.63. The van der Waals surface area contributed by atoms with Gasteiger partial charge < -0.3 is 9.84 Å². The number of carbonyl (C=O) groups is 1. The van der Waals surface area contributed by atoms with Crippen molar-refractivity contribution in [2.75, 3.05) is 13.7 Å². The molecular formula is C14H18BrNO3. The number of carboxylic acid groups (broad SMARTS) is 1. The summed E-state index contributed by atoms with van der Waals surface area (Å²) in [6, 6.07) is 6.05. The molecule has 1 aromatic rings. The third kappa shape index (κ3) is 3.70. The van der Waals surface area contributed by atoms with Crippen LogP contribution in [-0.4, -0.2) is 35.7 Å². The van der Waals surface area contributed by atoms with Gasteiger partial charge in [-0.1, -0.05) is 15.9 Å². The monoisotopic (exact) mass is 327 g/mol. The topological polar surface area (TPSA) is 49.8 Å². The number of halogens is 1. The predicted octanol–water partition coefficient (Wildman–Crippen LogP) is 2.90. The molecule has 1 atom stereocenters. The van der Waals surface area contributed by atoms with Gasteiger partial charge in [0.25, 0.3) is 0 Å². The Hall–Kier alpha value is -1.07. The maximum absolute atomic E-state index is 10.9. The average molecular weight is 328 g/mol. The van der Waals surface area contributed by atoms with Gasteiger partial charge in [-0.05, 0) is 37.6 Å². The molecule has 4 nitrogen and oxygen atoms in total. The van der Waals surface area contributed by atoms with E-state index in [1.807, 2.05) is 18.2 Å². The highest BCUT2D eigenvalue weighted by Gasteiger charge is 2.27. The summed E-state index contributed by atoms with van der Waals surface area (Å²) < 4.78 is 6.37. The highest BCUT2D eigenvalue weighted by Crippen LogP contribution is 2.28. The first-order valence-electron chi connectivity index (χ1n) is 6.38. The summed E-state index contributed by atoms with van der Waals surface area (Å²) in [5.41, 5.74) is 1.09. The molecule has 19 heavy (non-hydrogen) atoms. The molecule has 0 bridgehead atoms. The van der Waals surface area contributed by atoms with E-state index in [9.17, 15) is 4.79 Å². The SMILES string of the molecule is COc1ccc(Br)cc1CN1CCCC1CC(=O)O. The third-order valence-corrected chi connectivity index (χ3v) is 4.02. The number of hydrogen-bond acceptors (Lipinski definition) is 3. The Balaban J connectivity index is 2.11. The zero-order chi connectivity index (χ0) is 13.8. The fourth-order valence-corrected chi connectivity index (χ4v) is 3.03. The van der Waals surface area contributed by atoms with Gasteiger partial charge in [-0.2, -0.15) is 0 Å². The first-order valence-corrected chi connectivity index (χ1v) is 7.17. The molecule has 0 saturated carbocycles. The number of rotatable bonds is 5. The Morgan fingerprint density at radius 2 is 2.37 bits per heavy atom. The van der Waals surface area contributed by atoms with Gasteiger partial charge in [0.05, 0.1) is 13.5 Å². The van der Waals surface area contributed by atoms with Crippen molar-refractivity contribution in [3.8, 4) is 5.75 Å². The van der Waals surface area contributed by atoms with Crippen LogP contribution in [0, 0.1) is 0 Å². The molecule has 1 aliphatic rings. The minimum absolute atomic E-state index is 0.140. The first-order chi connectivity index (χ1) is 9.10. The predicted molar refractivity (Wildman–Crippen MR) is 76.4 cm³/mol. The average Bonchev–Trinajstić information content (AvgIpc) is 2.76. The maximum Gasteiger partial charge on any atom is 0.304 e. The Labute approximate surface area is 121 Å². The van der Waals surface area contributed by atoms with E-state index in [-0.39, 0.29) is 12.5 Å². The summed E-state index contributed by atoms with van der Waals surface area (Å²) in [7, 11) is 1.66. The number of ether oxygens (including phenoxy) is 1. The number of carboxylic acids is 1. The first kappa shape index (κ1) is 14.3. The second kappa shape index (κ2) is 6.39. The molecule has 1 heterocycles. The highest BCUT2D eigenvalue weighted by molar-refractivity contribution is 9.10. The summed E-state index contributed by atoms with van der Waals surface area (Å²) >= 11 is 3.46. The van der Waals surface area contributed by atoms with Gasteiger partial charge in [0.15, 0.2) is 0 Å². The van der Waals surface area contributed by atoms with E-state index in [0.717, 1.165) is 41.7 Å². The Kier molecular flexibility index (Phi) is 4.82. The van der Waals surface area contributed by atoms with E-state index >= 15 is 0 Å². The quantitative estimate of drug-likeness (QED) is 0.903. The molecule has 1 fully saturated rings. The molecule has 1 aromatic carbocycles. The van der Waals surface area contributed by atoms with Crippen molar-refractivity contribution in [2.45, 2.75) is 31.8 Å². The molecule has 104 valence electrons. The minimum Gasteiger partial charge on any atom is -0.496 e. The van der Waals surface area contributed by atoms with Crippen molar-refractivity contribution in [2.24, 2.45) is 0 Å². The number of methoxy groups -OCH3 is 1. The van der Waals surface area contributed by atoms with Crippen LogP contribution in [0.4, 0.5) is 0 Å². The van der Waals surface area contributed by atoms with Gasteiger partial charge in [0, 0.05) is 22.6 Å². The van der Waals surface area contributed by atoms with E-state index in [2.05, 4.69) is 20.8 Å². The van der Waals surface area contributed by atoms with Crippen LogP contribution in [-0.2, 0) is 11.3 Å². The number of aliphatic carboxylic acids is 1. The zero-order valence-corrected chi connectivity index (χ0v) is 12.5. The summed E-state index contributed by atoms with van der Waals surface area (Å²) in [5, 5.41) is 8.94. The Morgan fingerprint density at radius 1 is 1.58 bits per heavy atom. The van der Waals surface area contributed by atoms with Crippen molar-refractivity contribution >= 4 is 21.9 Å². The van der Waals surface area contributed by atoms with Crippen molar-refractivity contribution in [1.29, 1.82) is 0 Å². The van der Waals surface area contributed by atoms with Crippen LogP contribution in [0.15, 0.2) is 22.7 Å². The summed E-state index contributed by atoms with van der Waals surface area (Å²) in [5.74, 6) is 0.127. The second-order valence-electron chi connectivity index (χ2n) is 4.82. The molecule has 5 heteroatoms. The Bertz CT molecular complexity index is 464. The van der Waals surface area contributed by atoms with E-state index in [4.69, 9.17) is 9.84 Å². The normalized spacial score (nSPS) is 19.6. The maximum atomic E-state index is 10.9. The van der Waals surface area contributed by atoms with E-state index in [1.165, 1.54) is 0 Å². The third-order valence-electron chi connectivity index (χ3n) is 3.53. The Morgan fingerprint density at radius 3 is 3.05 bits per heavy atom. The van der Waals surface area contributed by atoms with Crippen molar-refractivity contribution < 1.29 is 14.6 Å². The largest absolute Gasteiger partial charge is 0.496 e. The number of hydrogen-bond donors (Lipinski definition) is 1. The van der Waals surface area contributed by atoms with Crippen LogP contribution >= 0.6 is 15.9 Å². The fraction of sp³-hybridized carbons (Fsp3) is 0.500. The van der Waals surface area contributed by atoms with Gasteiger partial charge in [-0.15, -0.1) is 0 Å². The van der Waals surface area contributed by atoms with Crippen LogP contribution in [0.2, 0.25) is 0 Å². The molecule has 0 spiro atoms. The van der Waals surface area contributed by atoms with Crippen LogP contribution in [0.25, 0.3) is 0 Å². The van der Waals surface area contributed by atoms with Gasteiger partial charge in [-0.25, -0.2) is 0 Å². The van der Waals surface area contributed by atoms with Gasteiger partial charge in [0.1, 0.15) is 5.75 Å². The van der Waals surface area contributed by atoms with Gasteiger partial charge in [-0.3, -0.25) is 9.69 Å². The van der Waals surface area contributed by atoms with Crippen LogP contribution in [0.1, 0.15) is 24.8 Å². The lowest BCUT2D eigenvalue weighted by molar-refractivity contribution is -0.138. The lowest BCUT2D eigenvalue weighted by Crippen LogP contribution is -2.31. The van der Waals surface area contributed by atoms with Crippen molar-refractivity contribution in [3.05, 3.63) is 28.2 Å². The van der Waals surface area contributed by atoms with Crippen molar-refractivity contribution in [3.63, 3.8) is 0 Å². The molecule has 2 rings (SSSR count). The lowest BCUT2D eigenvalue weighted by Gasteiger charge is -2.24. The molecule has 0 aliphatic carbocycles. The standard InChI is InChI=1S/C14H18BrNO3/c1-19-13-5-4-11(15)7-10(13)9-16-6-2-3-12(16)8-14(17)18/h4-5,7,12H,2-3,6,8-9H2,1H3,(H,17,18). The number of benzene rings is 1. The molecule has 1 unspecified atom stereocenters. The minimum atomic E-state index is -0.724. The van der Waals surface area contributed by atoms with Gasteiger partial charge in [0.2, 0.25) is 0 Å². The molecule has 1 N–H and O–H groups in total. The van der Waals surface area contributed by atoms with Crippen molar-refractivity contribution in [1.82, 2.24) is 4.90 Å². The van der Waals surface area contributed by atoms with Crippen LogP contribution in [0.5, 0.6) is 5.75 Å². The van der Waals surface area contributed by atoms with E-state index in [1.54, 1.807) is 7.11 Å². The van der Waals surface area contributed by atoms with Crippen LogP contribution < -0.4 is 4.74 Å². The molecular weight excluding hydrogens is 310 g/mol. The highest BCUT2D eigenvalue weighted by atomic mass is 79.9. The smallest absolute Gasteiger partial charge is 0.304 e. The number of likely N-dealkylation sites (tertiary alicyclic amines) is 1. The molecule has 1 aliphatic heterocycles.